The van der Waals surface area contributed by atoms with Crippen LogP contribution in [0.4, 0.5) is 21.6 Å². The van der Waals surface area contributed by atoms with Crippen LogP contribution in [-0.4, -0.2) is 11.6 Å². The van der Waals surface area contributed by atoms with E-state index in [-0.39, 0.29) is 5.82 Å². The highest BCUT2D eigenvalue weighted by Crippen LogP contribution is 2.31. The zero-order valence-corrected chi connectivity index (χ0v) is 12.9. The van der Waals surface area contributed by atoms with Gasteiger partial charge in [0.1, 0.15) is 11.6 Å². The third-order valence-electron chi connectivity index (χ3n) is 3.24. The fourth-order valence-electron chi connectivity index (χ4n) is 1.85. The fourth-order valence-corrected chi connectivity index (χ4v) is 2.18. The molecule has 0 atom stereocenters. The quantitative estimate of drug-likeness (QED) is 0.851. The molecule has 4 nitrogen and oxygen atoms in total. The van der Waals surface area contributed by atoms with E-state index >= 15 is 0 Å². The smallest absolute Gasteiger partial charge is 0.239 e. The SMILES string of the molecule is Nc1ccc(Nc2ccc(Br)cc2F)nc1OCC1CC1. The highest BCUT2D eigenvalue weighted by atomic mass is 79.9. The molecule has 1 heterocycles. The molecule has 3 rings (SSSR count). The predicted molar refractivity (Wildman–Crippen MR) is 84.3 cm³/mol. The van der Waals surface area contributed by atoms with Gasteiger partial charge < -0.3 is 15.8 Å². The van der Waals surface area contributed by atoms with Crippen molar-refractivity contribution in [3.05, 3.63) is 40.6 Å². The molecule has 1 aromatic carbocycles. The number of rotatable bonds is 5. The van der Waals surface area contributed by atoms with E-state index in [2.05, 4.69) is 26.2 Å². The molecule has 6 heteroatoms. The van der Waals surface area contributed by atoms with E-state index in [1.54, 1.807) is 24.3 Å². The van der Waals surface area contributed by atoms with Gasteiger partial charge in [-0.15, -0.1) is 0 Å². The fraction of sp³-hybridized carbons (Fsp3) is 0.267. The second-order valence-corrected chi connectivity index (χ2v) is 6.01. The van der Waals surface area contributed by atoms with Crippen molar-refractivity contribution in [2.45, 2.75) is 12.8 Å². The van der Waals surface area contributed by atoms with Crippen molar-refractivity contribution < 1.29 is 9.13 Å². The molecule has 1 aromatic heterocycles. The van der Waals surface area contributed by atoms with Crippen LogP contribution in [0.5, 0.6) is 5.88 Å². The number of hydrogen-bond acceptors (Lipinski definition) is 4. The summed E-state index contributed by atoms with van der Waals surface area (Å²) < 4.78 is 20.1. The van der Waals surface area contributed by atoms with Gasteiger partial charge in [0.2, 0.25) is 5.88 Å². The lowest BCUT2D eigenvalue weighted by molar-refractivity contribution is 0.290. The van der Waals surface area contributed by atoms with Crippen LogP contribution >= 0.6 is 15.9 Å². The maximum Gasteiger partial charge on any atom is 0.239 e. The Hall–Kier alpha value is -1.82. The molecule has 0 radical (unpaired) electrons. The maximum atomic E-state index is 13.8. The Kier molecular flexibility index (Phi) is 3.96. The predicted octanol–water partition coefficient (Wildman–Crippen LogP) is 4.10. The van der Waals surface area contributed by atoms with Gasteiger partial charge in [0.25, 0.3) is 0 Å². The number of nitrogens with zero attached hydrogens (tertiary/aromatic N) is 1. The van der Waals surface area contributed by atoms with E-state index in [4.69, 9.17) is 10.5 Å². The number of ether oxygens (including phenoxy) is 1. The largest absolute Gasteiger partial charge is 0.476 e. The molecule has 1 saturated carbocycles. The number of benzene rings is 1. The third kappa shape index (κ3) is 3.64. The summed E-state index contributed by atoms with van der Waals surface area (Å²) in [5, 5.41) is 2.93. The van der Waals surface area contributed by atoms with Gasteiger partial charge in [-0.3, -0.25) is 0 Å². The van der Waals surface area contributed by atoms with Gasteiger partial charge in [-0.2, -0.15) is 4.98 Å². The summed E-state index contributed by atoms with van der Waals surface area (Å²) in [5.41, 5.74) is 6.68. The van der Waals surface area contributed by atoms with Crippen molar-refractivity contribution in [2.75, 3.05) is 17.7 Å². The average molecular weight is 352 g/mol. The lowest BCUT2D eigenvalue weighted by atomic mass is 10.3. The van der Waals surface area contributed by atoms with Gasteiger partial charge in [-0.25, -0.2) is 4.39 Å². The van der Waals surface area contributed by atoms with Crippen molar-refractivity contribution in [1.29, 1.82) is 0 Å². The van der Waals surface area contributed by atoms with Crippen LogP contribution in [0.3, 0.4) is 0 Å². The van der Waals surface area contributed by atoms with E-state index in [0.717, 1.165) is 0 Å². The number of halogens is 2. The Bertz CT molecular complexity index is 661. The van der Waals surface area contributed by atoms with Crippen LogP contribution in [0.15, 0.2) is 34.8 Å². The number of nitrogens with two attached hydrogens (primary N) is 1. The molecule has 1 aliphatic carbocycles. The summed E-state index contributed by atoms with van der Waals surface area (Å²) in [4.78, 5) is 4.29. The highest BCUT2D eigenvalue weighted by molar-refractivity contribution is 9.10. The summed E-state index contributed by atoms with van der Waals surface area (Å²) >= 11 is 3.22. The molecule has 21 heavy (non-hydrogen) atoms. The van der Waals surface area contributed by atoms with E-state index < -0.39 is 0 Å². The van der Waals surface area contributed by atoms with Gasteiger partial charge in [-0.1, -0.05) is 15.9 Å². The molecule has 110 valence electrons. The summed E-state index contributed by atoms with van der Waals surface area (Å²) in [5.74, 6) is 1.15. The van der Waals surface area contributed by atoms with Crippen LogP contribution in [0.25, 0.3) is 0 Å². The molecular formula is C15H15BrFN3O. The monoisotopic (exact) mass is 351 g/mol. The van der Waals surface area contributed by atoms with Crippen LogP contribution in [-0.2, 0) is 0 Å². The minimum absolute atomic E-state index is 0.351. The van der Waals surface area contributed by atoms with Crippen LogP contribution in [0, 0.1) is 11.7 Å². The maximum absolute atomic E-state index is 13.8. The molecule has 0 bridgehead atoms. The molecule has 0 spiro atoms. The molecule has 0 unspecified atom stereocenters. The second kappa shape index (κ2) is 5.89. The number of nitrogens with one attached hydrogen (secondary N) is 1. The van der Waals surface area contributed by atoms with Crippen molar-refractivity contribution in [3.63, 3.8) is 0 Å². The normalized spacial score (nSPS) is 14.0. The number of pyridine rings is 1. The molecule has 0 saturated heterocycles. The van der Waals surface area contributed by atoms with Gasteiger partial charge in [0.15, 0.2) is 0 Å². The number of aromatic nitrogens is 1. The zero-order chi connectivity index (χ0) is 14.8. The summed E-state index contributed by atoms with van der Waals surface area (Å²) in [6.45, 7) is 0.632. The van der Waals surface area contributed by atoms with Crippen LogP contribution in [0.2, 0.25) is 0 Å². The summed E-state index contributed by atoms with van der Waals surface area (Å²) in [6, 6.07) is 8.19. The first-order valence-electron chi connectivity index (χ1n) is 6.73. The Labute approximate surface area is 130 Å². The molecule has 1 aliphatic rings. The van der Waals surface area contributed by atoms with Crippen molar-refractivity contribution >= 4 is 33.1 Å². The highest BCUT2D eigenvalue weighted by Gasteiger charge is 2.22. The first-order chi connectivity index (χ1) is 10.1. The lowest BCUT2D eigenvalue weighted by Crippen LogP contribution is -2.05. The number of hydrogen-bond donors (Lipinski definition) is 2. The third-order valence-corrected chi connectivity index (χ3v) is 3.73. The minimum atomic E-state index is -0.358. The van der Waals surface area contributed by atoms with E-state index in [9.17, 15) is 4.39 Å². The van der Waals surface area contributed by atoms with Crippen molar-refractivity contribution in [2.24, 2.45) is 5.92 Å². The zero-order valence-electron chi connectivity index (χ0n) is 11.3. The summed E-state index contributed by atoms with van der Waals surface area (Å²) in [7, 11) is 0. The van der Waals surface area contributed by atoms with Gasteiger partial charge >= 0.3 is 0 Å². The minimum Gasteiger partial charge on any atom is -0.476 e. The first-order valence-corrected chi connectivity index (χ1v) is 7.52. The topological polar surface area (TPSA) is 60.2 Å². The molecule has 3 N–H and O–H groups in total. The Morgan fingerprint density at radius 2 is 2.14 bits per heavy atom. The molecule has 1 fully saturated rings. The van der Waals surface area contributed by atoms with E-state index in [0.29, 0.717) is 40.1 Å². The molecule has 0 amide bonds. The van der Waals surface area contributed by atoms with Crippen molar-refractivity contribution in [3.8, 4) is 5.88 Å². The summed E-state index contributed by atoms with van der Waals surface area (Å²) in [6.07, 6.45) is 2.39. The van der Waals surface area contributed by atoms with Crippen LogP contribution < -0.4 is 15.8 Å². The first kappa shape index (κ1) is 14.1. The van der Waals surface area contributed by atoms with Gasteiger partial charge in [0.05, 0.1) is 18.0 Å². The molecule has 2 aromatic rings. The van der Waals surface area contributed by atoms with Crippen LogP contribution in [0.1, 0.15) is 12.8 Å². The Morgan fingerprint density at radius 3 is 2.86 bits per heavy atom. The van der Waals surface area contributed by atoms with Gasteiger partial charge in [-0.05, 0) is 49.1 Å². The Morgan fingerprint density at radius 1 is 1.33 bits per heavy atom. The standard InChI is InChI=1S/C15H15BrFN3O/c16-10-3-5-13(11(17)7-10)19-14-6-4-12(18)15(20-14)21-8-9-1-2-9/h3-7,9H,1-2,8,18H2,(H,19,20). The number of anilines is 3. The van der Waals surface area contributed by atoms with Crippen molar-refractivity contribution in [1.82, 2.24) is 4.98 Å². The molecular weight excluding hydrogens is 337 g/mol. The average Bonchev–Trinajstić information content (AvgIpc) is 3.26. The van der Waals surface area contributed by atoms with E-state index in [1.165, 1.54) is 18.9 Å². The Balaban J connectivity index is 1.76. The van der Waals surface area contributed by atoms with E-state index in [1.807, 2.05) is 0 Å². The lowest BCUT2D eigenvalue weighted by Gasteiger charge is -2.11. The number of nitrogen functional groups attached to an aromatic ring is 1. The second-order valence-electron chi connectivity index (χ2n) is 5.09. The van der Waals surface area contributed by atoms with Gasteiger partial charge in [0, 0.05) is 4.47 Å². The molecule has 0 aliphatic heterocycles.